The summed E-state index contributed by atoms with van der Waals surface area (Å²) in [5.74, 6) is -0.634. The zero-order valence-corrected chi connectivity index (χ0v) is 10.6. The molecule has 0 bridgehead atoms. The van der Waals surface area contributed by atoms with Crippen LogP contribution in [0.15, 0.2) is 18.2 Å². The van der Waals surface area contributed by atoms with Gasteiger partial charge in [-0.25, -0.2) is 0 Å². The van der Waals surface area contributed by atoms with Crippen LogP contribution in [0.2, 0.25) is 0 Å². The lowest BCUT2D eigenvalue weighted by Gasteiger charge is -2.07. The Balaban J connectivity index is 2.17. The third-order valence-electron chi connectivity index (χ3n) is 3.06. The zero-order valence-electron chi connectivity index (χ0n) is 10.6. The lowest BCUT2D eigenvalue weighted by Crippen LogP contribution is -2.23. The number of rotatable bonds is 4. The minimum absolute atomic E-state index is 0.162. The third kappa shape index (κ3) is 2.23. The monoisotopic (exact) mass is 248 g/mol. The molecular weight excluding hydrogens is 232 g/mol. The fraction of sp³-hybridized carbons (Fsp3) is 0.429. The first-order valence-corrected chi connectivity index (χ1v) is 6.05. The molecule has 18 heavy (non-hydrogen) atoms. The Bertz CT molecular complexity index is 479. The molecule has 0 fully saturated rings. The second-order valence-electron chi connectivity index (χ2n) is 4.31. The second-order valence-corrected chi connectivity index (χ2v) is 4.31. The summed E-state index contributed by atoms with van der Waals surface area (Å²) in [4.78, 5) is 23.9. The molecule has 0 radical (unpaired) electrons. The average molecular weight is 248 g/mol. The number of hydrogen-bond donors (Lipinski definition) is 0. The van der Waals surface area contributed by atoms with E-state index in [1.165, 1.54) is 0 Å². The Morgan fingerprint density at radius 3 is 2.89 bits per heavy atom. The van der Waals surface area contributed by atoms with Crippen molar-refractivity contribution in [2.24, 2.45) is 5.92 Å². The molecule has 2 rings (SSSR count). The fourth-order valence-corrected chi connectivity index (χ4v) is 2.08. The summed E-state index contributed by atoms with van der Waals surface area (Å²) in [6.45, 7) is 2.28. The Kier molecular flexibility index (Phi) is 3.65. The van der Waals surface area contributed by atoms with Gasteiger partial charge in [-0.15, -0.1) is 0 Å². The maximum Gasteiger partial charge on any atom is 0.317 e. The summed E-state index contributed by atoms with van der Waals surface area (Å²) < 4.78 is 10.1. The van der Waals surface area contributed by atoms with Gasteiger partial charge in [0, 0.05) is 5.56 Å². The van der Waals surface area contributed by atoms with E-state index in [0.717, 1.165) is 12.0 Å². The third-order valence-corrected chi connectivity index (χ3v) is 3.06. The highest BCUT2D eigenvalue weighted by Crippen LogP contribution is 2.30. The first-order chi connectivity index (χ1) is 8.67. The Labute approximate surface area is 106 Å². The summed E-state index contributed by atoms with van der Waals surface area (Å²) >= 11 is 0. The van der Waals surface area contributed by atoms with Gasteiger partial charge in [-0.2, -0.15) is 0 Å². The van der Waals surface area contributed by atoms with Crippen LogP contribution in [0.1, 0.15) is 29.3 Å². The van der Waals surface area contributed by atoms with Crippen molar-refractivity contribution in [3.63, 3.8) is 0 Å². The lowest BCUT2D eigenvalue weighted by atomic mass is 10.1. The molecule has 0 saturated heterocycles. The Hall–Kier alpha value is -1.84. The predicted octanol–water partition coefficient (Wildman–Crippen LogP) is 2.00. The molecule has 1 unspecified atom stereocenters. The van der Waals surface area contributed by atoms with E-state index in [4.69, 9.17) is 9.47 Å². The molecule has 0 spiro atoms. The molecule has 4 heteroatoms. The highest BCUT2D eigenvalue weighted by molar-refractivity contribution is 6.12. The topological polar surface area (TPSA) is 52.6 Å². The van der Waals surface area contributed by atoms with Gasteiger partial charge in [0.25, 0.3) is 0 Å². The van der Waals surface area contributed by atoms with Crippen molar-refractivity contribution < 1.29 is 19.1 Å². The number of fused-ring (bicyclic) bond motifs is 1. The number of Topliss-reactive ketones (excluding diaryl/α,β-unsaturated/α-hetero) is 1. The number of ether oxygens (including phenoxy) is 2. The molecule has 0 aromatic heterocycles. The van der Waals surface area contributed by atoms with Crippen LogP contribution in [-0.2, 0) is 16.0 Å². The van der Waals surface area contributed by atoms with Gasteiger partial charge >= 0.3 is 5.97 Å². The van der Waals surface area contributed by atoms with Crippen molar-refractivity contribution in [1.82, 2.24) is 0 Å². The van der Waals surface area contributed by atoms with E-state index in [1.807, 2.05) is 13.0 Å². The number of hydrogen-bond acceptors (Lipinski definition) is 4. The van der Waals surface area contributed by atoms with Gasteiger partial charge in [0.05, 0.1) is 13.7 Å². The minimum Gasteiger partial charge on any atom is -0.497 e. The van der Waals surface area contributed by atoms with Crippen LogP contribution in [0, 0.1) is 5.92 Å². The number of carbonyl (C=O) groups is 2. The van der Waals surface area contributed by atoms with Gasteiger partial charge in [0.2, 0.25) is 0 Å². The second kappa shape index (κ2) is 5.21. The van der Waals surface area contributed by atoms with Crippen LogP contribution >= 0.6 is 0 Å². The molecule has 0 amide bonds. The molecular formula is C14H16O4. The van der Waals surface area contributed by atoms with Crippen molar-refractivity contribution >= 4 is 11.8 Å². The maximum atomic E-state index is 12.1. The molecule has 1 aliphatic carbocycles. The molecule has 1 atom stereocenters. The van der Waals surface area contributed by atoms with E-state index in [9.17, 15) is 9.59 Å². The Morgan fingerprint density at radius 2 is 2.22 bits per heavy atom. The summed E-state index contributed by atoms with van der Waals surface area (Å²) in [5.41, 5.74) is 1.46. The molecule has 0 heterocycles. The van der Waals surface area contributed by atoms with Crippen LogP contribution < -0.4 is 4.74 Å². The van der Waals surface area contributed by atoms with Crippen molar-refractivity contribution in [1.29, 1.82) is 0 Å². The first-order valence-electron chi connectivity index (χ1n) is 6.05. The van der Waals surface area contributed by atoms with Gasteiger partial charge < -0.3 is 9.47 Å². The predicted molar refractivity (Wildman–Crippen MR) is 65.8 cm³/mol. The van der Waals surface area contributed by atoms with Crippen LogP contribution in [0.4, 0.5) is 0 Å². The molecule has 1 aromatic rings. The molecule has 0 N–H and O–H groups in total. The number of ketones is 1. The highest BCUT2D eigenvalue weighted by Gasteiger charge is 2.37. The molecule has 1 aliphatic rings. The van der Waals surface area contributed by atoms with Crippen molar-refractivity contribution in [3.05, 3.63) is 29.3 Å². The summed E-state index contributed by atoms with van der Waals surface area (Å²) in [6.07, 6.45) is 1.19. The van der Waals surface area contributed by atoms with E-state index >= 15 is 0 Å². The van der Waals surface area contributed by atoms with E-state index < -0.39 is 11.9 Å². The van der Waals surface area contributed by atoms with Crippen LogP contribution in [0.5, 0.6) is 5.75 Å². The summed E-state index contributed by atoms with van der Waals surface area (Å²) in [7, 11) is 1.55. The van der Waals surface area contributed by atoms with E-state index in [-0.39, 0.29) is 5.78 Å². The molecule has 96 valence electrons. The van der Waals surface area contributed by atoms with Crippen LogP contribution in [0.25, 0.3) is 0 Å². The smallest absolute Gasteiger partial charge is 0.317 e. The molecule has 0 aliphatic heterocycles. The fourth-order valence-electron chi connectivity index (χ4n) is 2.08. The largest absolute Gasteiger partial charge is 0.497 e. The van der Waals surface area contributed by atoms with E-state index in [2.05, 4.69) is 0 Å². The van der Waals surface area contributed by atoms with Crippen molar-refractivity contribution in [2.75, 3.05) is 13.7 Å². The average Bonchev–Trinajstić information content (AvgIpc) is 2.73. The van der Waals surface area contributed by atoms with Gasteiger partial charge in [-0.3, -0.25) is 9.59 Å². The lowest BCUT2D eigenvalue weighted by molar-refractivity contribution is -0.146. The number of carbonyl (C=O) groups excluding carboxylic acids is 2. The Morgan fingerprint density at radius 1 is 1.44 bits per heavy atom. The van der Waals surface area contributed by atoms with Crippen LogP contribution in [-0.4, -0.2) is 25.5 Å². The van der Waals surface area contributed by atoms with E-state index in [1.54, 1.807) is 19.2 Å². The highest BCUT2D eigenvalue weighted by atomic mass is 16.5. The van der Waals surface area contributed by atoms with Gasteiger partial charge in [-0.1, -0.05) is 13.0 Å². The summed E-state index contributed by atoms with van der Waals surface area (Å²) in [5, 5.41) is 0. The van der Waals surface area contributed by atoms with Gasteiger partial charge in [0.15, 0.2) is 5.78 Å². The molecule has 4 nitrogen and oxygen atoms in total. The quantitative estimate of drug-likeness (QED) is 0.604. The first kappa shape index (κ1) is 12.6. The zero-order chi connectivity index (χ0) is 13.1. The molecule has 1 aromatic carbocycles. The maximum absolute atomic E-state index is 12.1. The van der Waals surface area contributed by atoms with Gasteiger partial charge in [-0.05, 0) is 30.5 Å². The SMILES string of the molecule is CCCOC(=O)C1Cc2ccc(OC)cc2C1=O. The molecule has 0 saturated carbocycles. The normalized spacial score (nSPS) is 17.4. The van der Waals surface area contributed by atoms with Gasteiger partial charge in [0.1, 0.15) is 11.7 Å². The number of benzene rings is 1. The van der Waals surface area contributed by atoms with Crippen molar-refractivity contribution in [3.8, 4) is 5.75 Å². The van der Waals surface area contributed by atoms with E-state index in [0.29, 0.717) is 24.3 Å². The minimum atomic E-state index is -0.682. The van der Waals surface area contributed by atoms with Crippen LogP contribution in [0.3, 0.4) is 0 Å². The number of esters is 1. The summed E-state index contributed by atoms with van der Waals surface area (Å²) in [6, 6.07) is 5.32. The number of methoxy groups -OCH3 is 1. The van der Waals surface area contributed by atoms with Crippen molar-refractivity contribution in [2.45, 2.75) is 19.8 Å². The standard InChI is InChI=1S/C14H16O4/c1-3-6-18-14(16)12-7-9-4-5-10(17-2)8-11(9)13(12)15/h4-5,8,12H,3,6-7H2,1-2H3.